The van der Waals surface area contributed by atoms with Gasteiger partial charge in [0.25, 0.3) is 0 Å². The zero-order valence-corrected chi connectivity index (χ0v) is 9.11. The lowest BCUT2D eigenvalue weighted by Crippen LogP contribution is -2.28. The Kier molecular flexibility index (Phi) is 2.87. The van der Waals surface area contributed by atoms with Crippen LogP contribution in [0.4, 0.5) is 5.69 Å². The lowest BCUT2D eigenvalue weighted by atomic mass is 9.98. The Morgan fingerprint density at radius 1 is 1.40 bits per heavy atom. The summed E-state index contributed by atoms with van der Waals surface area (Å²) in [5, 5.41) is 10.5. The lowest BCUT2D eigenvalue weighted by molar-refractivity contribution is 0.122. The van der Waals surface area contributed by atoms with Crippen LogP contribution in [0, 0.1) is 5.92 Å². The van der Waals surface area contributed by atoms with E-state index >= 15 is 0 Å². The molecular weight excluding hydrogens is 212 g/mol. The Morgan fingerprint density at radius 2 is 2.07 bits per heavy atom. The molecule has 0 heterocycles. The van der Waals surface area contributed by atoms with Gasteiger partial charge in [-0.2, -0.15) is 0 Å². The second-order valence-electron chi connectivity index (χ2n) is 4.13. The molecule has 1 aromatic carbocycles. The van der Waals surface area contributed by atoms with Gasteiger partial charge in [-0.05, 0) is 42.5 Å². The summed E-state index contributed by atoms with van der Waals surface area (Å²) < 4.78 is 0. The van der Waals surface area contributed by atoms with Crippen molar-refractivity contribution >= 4 is 17.3 Å². The zero-order valence-electron chi connectivity index (χ0n) is 8.36. The van der Waals surface area contributed by atoms with Crippen LogP contribution >= 0.6 is 11.6 Å². The normalized spacial score (nSPS) is 19.9. The zero-order chi connectivity index (χ0) is 11.0. The summed E-state index contributed by atoms with van der Waals surface area (Å²) in [6.07, 6.45) is 1.59. The van der Waals surface area contributed by atoms with Gasteiger partial charge < -0.3 is 16.6 Å². The van der Waals surface area contributed by atoms with E-state index in [1.807, 2.05) is 0 Å². The van der Waals surface area contributed by atoms with E-state index in [-0.39, 0.29) is 0 Å². The van der Waals surface area contributed by atoms with Crippen molar-refractivity contribution < 1.29 is 5.11 Å². The number of aliphatic hydroxyl groups is 1. The minimum Gasteiger partial charge on any atom is -0.398 e. The van der Waals surface area contributed by atoms with Gasteiger partial charge in [-0.15, -0.1) is 0 Å². The maximum Gasteiger partial charge on any atom is 0.0761 e. The first-order chi connectivity index (χ1) is 7.09. The Morgan fingerprint density at radius 3 is 2.67 bits per heavy atom. The predicted molar refractivity (Wildman–Crippen MR) is 61.5 cm³/mol. The number of benzene rings is 1. The molecule has 0 amide bonds. The van der Waals surface area contributed by atoms with Gasteiger partial charge in [0.15, 0.2) is 0 Å². The van der Waals surface area contributed by atoms with Gasteiger partial charge in [-0.3, -0.25) is 0 Å². The van der Waals surface area contributed by atoms with Crippen LogP contribution in [0.1, 0.15) is 24.4 Å². The third kappa shape index (κ3) is 2.25. The molecule has 0 unspecified atom stereocenters. The van der Waals surface area contributed by atoms with Gasteiger partial charge in [0.05, 0.1) is 12.1 Å². The Bertz CT molecular complexity index is 366. The Labute approximate surface area is 94.0 Å². The minimum atomic E-state index is -0.509. The van der Waals surface area contributed by atoms with Gasteiger partial charge >= 0.3 is 0 Å². The molecule has 1 aliphatic rings. The molecule has 0 saturated heterocycles. The molecule has 0 spiro atoms. The van der Waals surface area contributed by atoms with E-state index in [0.29, 0.717) is 16.6 Å². The molecular formula is C11H15ClN2O. The van der Waals surface area contributed by atoms with Gasteiger partial charge in [-0.1, -0.05) is 11.6 Å². The van der Waals surface area contributed by atoms with Crippen molar-refractivity contribution in [1.82, 2.24) is 0 Å². The highest BCUT2D eigenvalue weighted by Gasteiger charge is 2.34. The van der Waals surface area contributed by atoms with Crippen LogP contribution in [0.2, 0.25) is 5.02 Å². The summed E-state index contributed by atoms with van der Waals surface area (Å²) in [7, 11) is 0. The number of nitrogens with two attached hydrogens (primary N) is 2. The van der Waals surface area contributed by atoms with E-state index in [4.69, 9.17) is 23.1 Å². The fourth-order valence-electron chi connectivity index (χ4n) is 1.75. The third-order valence-corrected chi connectivity index (χ3v) is 3.12. The third-order valence-electron chi connectivity index (χ3n) is 2.88. The topological polar surface area (TPSA) is 72.3 Å². The number of halogens is 1. The fraction of sp³-hybridized carbons (Fsp3) is 0.455. The quantitative estimate of drug-likeness (QED) is 0.687. The standard InChI is InChI=1S/C11H15ClN2O/c12-7-3-4-9(13)8(5-7)10(14)11(15)6-1-2-6/h3-6,10-11,15H,1-2,13-14H2/t10-,11+/m0/s1. The van der Waals surface area contributed by atoms with E-state index in [1.54, 1.807) is 18.2 Å². The van der Waals surface area contributed by atoms with E-state index < -0.39 is 12.1 Å². The molecule has 1 fully saturated rings. The number of rotatable bonds is 3. The second kappa shape index (κ2) is 4.00. The van der Waals surface area contributed by atoms with Gasteiger partial charge in [-0.25, -0.2) is 0 Å². The van der Waals surface area contributed by atoms with Crippen LogP contribution in [-0.4, -0.2) is 11.2 Å². The molecule has 2 atom stereocenters. The van der Waals surface area contributed by atoms with Crippen molar-refractivity contribution in [3.05, 3.63) is 28.8 Å². The van der Waals surface area contributed by atoms with Crippen molar-refractivity contribution in [1.29, 1.82) is 0 Å². The minimum absolute atomic E-state index is 0.332. The van der Waals surface area contributed by atoms with Crippen LogP contribution in [0.25, 0.3) is 0 Å². The summed E-state index contributed by atoms with van der Waals surface area (Å²) in [6.45, 7) is 0. The monoisotopic (exact) mass is 226 g/mol. The van der Waals surface area contributed by atoms with E-state index in [1.165, 1.54) is 0 Å². The van der Waals surface area contributed by atoms with E-state index in [9.17, 15) is 5.11 Å². The smallest absolute Gasteiger partial charge is 0.0761 e. The average Bonchev–Trinajstić information content (AvgIpc) is 3.03. The highest BCUT2D eigenvalue weighted by atomic mass is 35.5. The maximum absolute atomic E-state index is 9.90. The first-order valence-corrected chi connectivity index (χ1v) is 5.46. The van der Waals surface area contributed by atoms with E-state index in [0.717, 1.165) is 18.4 Å². The Balaban J connectivity index is 2.23. The summed E-state index contributed by atoms with van der Waals surface area (Å²) in [6, 6.07) is 4.73. The number of hydrogen-bond donors (Lipinski definition) is 3. The van der Waals surface area contributed by atoms with Crippen LogP contribution in [-0.2, 0) is 0 Å². The molecule has 0 radical (unpaired) electrons. The van der Waals surface area contributed by atoms with Gasteiger partial charge in [0.1, 0.15) is 0 Å². The molecule has 5 N–H and O–H groups in total. The summed E-state index contributed by atoms with van der Waals surface area (Å²) in [4.78, 5) is 0. The predicted octanol–water partition coefficient (Wildman–Crippen LogP) is 1.69. The Hall–Kier alpha value is -0.770. The molecule has 0 bridgehead atoms. The SMILES string of the molecule is Nc1ccc(Cl)cc1[C@H](N)[C@H](O)C1CC1. The van der Waals surface area contributed by atoms with Crippen molar-refractivity contribution in [2.24, 2.45) is 11.7 Å². The first-order valence-electron chi connectivity index (χ1n) is 5.08. The molecule has 2 rings (SSSR count). The highest BCUT2D eigenvalue weighted by molar-refractivity contribution is 6.30. The average molecular weight is 227 g/mol. The largest absolute Gasteiger partial charge is 0.398 e. The molecule has 1 saturated carbocycles. The van der Waals surface area contributed by atoms with E-state index in [2.05, 4.69) is 0 Å². The molecule has 0 aliphatic heterocycles. The molecule has 4 heteroatoms. The highest BCUT2D eigenvalue weighted by Crippen LogP contribution is 2.38. The van der Waals surface area contributed by atoms with Crippen LogP contribution in [0.3, 0.4) is 0 Å². The van der Waals surface area contributed by atoms with Crippen molar-refractivity contribution in [3.63, 3.8) is 0 Å². The van der Waals surface area contributed by atoms with Gasteiger partial charge in [0, 0.05) is 10.7 Å². The molecule has 0 aromatic heterocycles. The van der Waals surface area contributed by atoms with Gasteiger partial charge in [0.2, 0.25) is 0 Å². The number of anilines is 1. The first kappa shape index (κ1) is 10.7. The van der Waals surface area contributed by atoms with Crippen LogP contribution < -0.4 is 11.5 Å². The van der Waals surface area contributed by atoms with Crippen LogP contribution in [0.5, 0.6) is 0 Å². The summed E-state index contributed by atoms with van der Waals surface area (Å²) >= 11 is 5.87. The number of hydrogen-bond acceptors (Lipinski definition) is 3. The maximum atomic E-state index is 9.90. The molecule has 3 nitrogen and oxygen atoms in total. The molecule has 15 heavy (non-hydrogen) atoms. The molecule has 1 aliphatic carbocycles. The second-order valence-corrected chi connectivity index (χ2v) is 4.56. The summed E-state index contributed by atoms with van der Waals surface area (Å²) in [5.41, 5.74) is 13.1. The van der Waals surface area contributed by atoms with Crippen LogP contribution in [0.15, 0.2) is 18.2 Å². The fourth-order valence-corrected chi connectivity index (χ4v) is 1.93. The molecule has 1 aromatic rings. The van der Waals surface area contributed by atoms with Crippen molar-refractivity contribution in [2.45, 2.75) is 25.0 Å². The summed E-state index contributed by atoms with van der Waals surface area (Å²) in [5.74, 6) is 0.332. The number of nitrogen functional groups attached to an aromatic ring is 1. The lowest BCUT2D eigenvalue weighted by Gasteiger charge is -2.20. The number of aliphatic hydroxyl groups excluding tert-OH is 1. The van der Waals surface area contributed by atoms with Crippen molar-refractivity contribution in [3.8, 4) is 0 Å². The van der Waals surface area contributed by atoms with Crippen molar-refractivity contribution in [2.75, 3.05) is 5.73 Å². The molecule has 82 valence electrons.